The van der Waals surface area contributed by atoms with Gasteiger partial charge in [0.05, 0.1) is 6.10 Å². The van der Waals surface area contributed by atoms with Crippen molar-refractivity contribution < 1.29 is 4.74 Å². The van der Waals surface area contributed by atoms with Gasteiger partial charge in [-0.05, 0) is 37.6 Å². The highest BCUT2D eigenvalue weighted by atomic mass is 16.5. The van der Waals surface area contributed by atoms with Gasteiger partial charge in [0.25, 0.3) is 5.56 Å². The number of anilines is 1. The van der Waals surface area contributed by atoms with Gasteiger partial charge in [0.15, 0.2) is 5.82 Å². The van der Waals surface area contributed by atoms with Crippen LogP contribution in [0.1, 0.15) is 26.3 Å². The molecule has 0 amide bonds. The van der Waals surface area contributed by atoms with Crippen LogP contribution >= 0.6 is 0 Å². The second-order valence-corrected chi connectivity index (χ2v) is 6.15. The number of hydrogen-bond acceptors (Lipinski definition) is 4. The Morgan fingerprint density at radius 2 is 2.00 bits per heavy atom. The average Bonchev–Trinajstić information content (AvgIpc) is 2.61. The minimum absolute atomic E-state index is 0.0760. The van der Waals surface area contributed by atoms with Crippen LogP contribution in [0.25, 0.3) is 10.8 Å². The van der Waals surface area contributed by atoms with Gasteiger partial charge in [-0.3, -0.25) is 4.79 Å². The van der Waals surface area contributed by atoms with Gasteiger partial charge in [-0.2, -0.15) is 0 Å². The fourth-order valence-electron chi connectivity index (χ4n) is 2.85. The summed E-state index contributed by atoms with van der Waals surface area (Å²) in [4.78, 5) is 16.5. The summed E-state index contributed by atoms with van der Waals surface area (Å²) in [5.74, 6) is 1.18. The second kappa shape index (κ2) is 7.38. The Balaban J connectivity index is 1.98. The van der Waals surface area contributed by atoms with Crippen molar-refractivity contribution >= 4 is 16.6 Å². The summed E-state index contributed by atoms with van der Waals surface area (Å²) < 4.78 is 7.60. The standard InChI is InChI=1S/C20H23N3O2/c1-4-23-12-11-21-19(20(23)24)22-13-17-16-8-6-5-7-15(16)9-10-18(17)25-14(2)3/h5-12,14H,4,13H2,1-3H3,(H,21,22). The third-order valence-corrected chi connectivity index (χ3v) is 4.05. The van der Waals surface area contributed by atoms with E-state index in [-0.39, 0.29) is 11.7 Å². The molecule has 3 aromatic rings. The zero-order valence-electron chi connectivity index (χ0n) is 14.8. The molecule has 1 heterocycles. The predicted octanol–water partition coefficient (Wildman–Crippen LogP) is 3.82. The van der Waals surface area contributed by atoms with Gasteiger partial charge in [-0.25, -0.2) is 4.98 Å². The molecule has 0 aliphatic carbocycles. The van der Waals surface area contributed by atoms with Crippen LogP contribution in [0.15, 0.2) is 53.6 Å². The maximum Gasteiger partial charge on any atom is 0.293 e. The summed E-state index contributed by atoms with van der Waals surface area (Å²) in [5, 5.41) is 5.44. The number of rotatable bonds is 6. The summed E-state index contributed by atoms with van der Waals surface area (Å²) in [6.45, 7) is 7.03. The van der Waals surface area contributed by atoms with Crippen molar-refractivity contribution in [3.05, 3.63) is 64.7 Å². The molecule has 1 N–H and O–H groups in total. The van der Waals surface area contributed by atoms with Gasteiger partial charge >= 0.3 is 0 Å². The molecule has 2 aromatic carbocycles. The molecule has 0 radical (unpaired) electrons. The summed E-state index contributed by atoms with van der Waals surface area (Å²) in [5.41, 5.74) is 0.913. The number of nitrogens with zero attached hydrogens (tertiary/aromatic N) is 2. The van der Waals surface area contributed by atoms with Crippen molar-refractivity contribution in [2.45, 2.75) is 40.0 Å². The molecule has 0 fully saturated rings. The van der Waals surface area contributed by atoms with Gasteiger partial charge in [-0.15, -0.1) is 0 Å². The van der Waals surface area contributed by atoms with E-state index in [1.54, 1.807) is 17.0 Å². The Hall–Kier alpha value is -2.82. The molecule has 25 heavy (non-hydrogen) atoms. The number of fused-ring (bicyclic) bond motifs is 1. The molecule has 0 saturated carbocycles. The highest BCUT2D eigenvalue weighted by molar-refractivity contribution is 5.88. The first-order valence-corrected chi connectivity index (χ1v) is 8.56. The van der Waals surface area contributed by atoms with E-state index >= 15 is 0 Å². The molecule has 0 aliphatic rings. The molecule has 130 valence electrons. The Bertz CT molecular complexity index is 932. The molecule has 0 spiro atoms. The second-order valence-electron chi connectivity index (χ2n) is 6.15. The Morgan fingerprint density at radius 3 is 2.76 bits per heavy atom. The molecule has 0 saturated heterocycles. The molecule has 0 unspecified atom stereocenters. The summed E-state index contributed by atoms with van der Waals surface area (Å²) in [6.07, 6.45) is 3.41. The van der Waals surface area contributed by atoms with Crippen molar-refractivity contribution in [2.24, 2.45) is 0 Å². The lowest BCUT2D eigenvalue weighted by Gasteiger charge is -2.17. The first-order valence-electron chi connectivity index (χ1n) is 8.56. The van der Waals surface area contributed by atoms with E-state index in [0.717, 1.165) is 22.1 Å². The number of aryl methyl sites for hydroxylation is 1. The van der Waals surface area contributed by atoms with Crippen molar-refractivity contribution in [3.63, 3.8) is 0 Å². The summed E-state index contributed by atoms with van der Waals surface area (Å²) in [7, 11) is 0. The zero-order chi connectivity index (χ0) is 17.8. The molecule has 5 nitrogen and oxygen atoms in total. The molecule has 3 rings (SSSR count). The lowest BCUT2D eigenvalue weighted by molar-refractivity contribution is 0.240. The van der Waals surface area contributed by atoms with E-state index in [2.05, 4.69) is 28.5 Å². The van der Waals surface area contributed by atoms with Crippen molar-refractivity contribution in [2.75, 3.05) is 5.32 Å². The van der Waals surface area contributed by atoms with E-state index in [0.29, 0.717) is 18.9 Å². The number of hydrogen-bond donors (Lipinski definition) is 1. The molecule has 0 bridgehead atoms. The number of aromatic nitrogens is 2. The Kier molecular flexibility index (Phi) is 5.03. The van der Waals surface area contributed by atoms with Crippen LogP contribution in [0.3, 0.4) is 0 Å². The Morgan fingerprint density at radius 1 is 1.20 bits per heavy atom. The van der Waals surface area contributed by atoms with Crippen LogP contribution in [0, 0.1) is 0 Å². The van der Waals surface area contributed by atoms with Gasteiger partial charge in [0.2, 0.25) is 0 Å². The first-order chi connectivity index (χ1) is 12.1. The van der Waals surface area contributed by atoms with Crippen LogP contribution in [0.5, 0.6) is 5.75 Å². The van der Waals surface area contributed by atoms with Crippen LogP contribution in [0.2, 0.25) is 0 Å². The van der Waals surface area contributed by atoms with Crippen molar-refractivity contribution in [1.82, 2.24) is 9.55 Å². The maximum absolute atomic E-state index is 12.4. The maximum atomic E-state index is 12.4. The van der Waals surface area contributed by atoms with E-state index in [9.17, 15) is 4.79 Å². The van der Waals surface area contributed by atoms with Gasteiger partial charge in [0.1, 0.15) is 5.75 Å². The lowest BCUT2D eigenvalue weighted by atomic mass is 10.0. The molecular weight excluding hydrogens is 314 g/mol. The minimum Gasteiger partial charge on any atom is -0.491 e. The minimum atomic E-state index is -0.114. The first kappa shape index (κ1) is 17.0. The van der Waals surface area contributed by atoms with Crippen molar-refractivity contribution in [3.8, 4) is 5.75 Å². The summed E-state index contributed by atoms with van der Waals surface area (Å²) >= 11 is 0. The highest BCUT2D eigenvalue weighted by Gasteiger charge is 2.12. The number of nitrogens with one attached hydrogen (secondary N) is 1. The van der Waals surface area contributed by atoms with Crippen molar-refractivity contribution in [1.29, 1.82) is 0 Å². The molecule has 0 atom stereocenters. The number of benzene rings is 2. The number of ether oxygens (including phenoxy) is 1. The monoisotopic (exact) mass is 337 g/mol. The van der Waals surface area contributed by atoms with Gasteiger partial charge in [-0.1, -0.05) is 30.3 Å². The van der Waals surface area contributed by atoms with Crippen LogP contribution in [-0.2, 0) is 13.1 Å². The predicted molar refractivity (Wildman–Crippen MR) is 101 cm³/mol. The summed E-state index contributed by atoms with van der Waals surface area (Å²) in [6, 6.07) is 12.2. The normalized spacial score (nSPS) is 11.0. The topological polar surface area (TPSA) is 56.1 Å². The van der Waals surface area contributed by atoms with Gasteiger partial charge in [0, 0.05) is 31.0 Å². The zero-order valence-corrected chi connectivity index (χ0v) is 14.8. The largest absolute Gasteiger partial charge is 0.491 e. The smallest absolute Gasteiger partial charge is 0.293 e. The highest BCUT2D eigenvalue weighted by Crippen LogP contribution is 2.29. The third kappa shape index (κ3) is 3.65. The van der Waals surface area contributed by atoms with E-state index < -0.39 is 0 Å². The third-order valence-electron chi connectivity index (χ3n) is 4.05. The SMILES string of the molecule is CCn1ccnc(NCc2c(OC(C)C)ccc3ccccc23)c1=O. The van der Waals surface area contributed by atoms with Crippen LogP contribution in [-0.4, -0.2) is 15.7 Å². The fraction of sp³-hybridized carbons (Fsp3) is 0.300. The van der Waals surface area contributed by atoms with Crippen LogP contribution in [0.4, 0.5) is 5.82 Å². The molecule has 1 aromatic heterocycles. The van der Waals surface area contributed by atoms with Crippen LogP contribution < -0.4 is 15.6 Å². The molecule has 0 aliphatic heterocycles. The van der Waals surface area contributed by atoms with E-state index in [1.807, 2.05) is 39.0 Å². The molecule has 5 heteroatoms. The quantitative estimate of drug-likeness (QED) is 0.743. The average molecular weight is 337 g/mol. The molecular formula is C20H23N3O2. The van der Waals surface area contributed by atoms with E-state index in [4.69, 9.17) is 4.74 Å². The Labute approximate surface area is 147 Å². The van der Waals surface area contributed by atoms with E-state index in [1.165, 1.54) is 0 Å². The fourth-order valence-corrected chi connectivity index (χ4v) is 2.85. The van der Waals surface area contributed by atoms with Gasteiger partial charge < -0.3 is 14.6 Å². The lowest BCUT2D eigenvalue weighted by Crippen LogP contribution is -2.23.